The number of hydrogen-bond donors (Lipinski definition) is 1. The van der Waals surface area contributed by atoms with E-state index in [2.05, 4.69) is 61.8 Å². The van der Waals surface area contributed by atoms with Gasteiger partial charge in [-0.15, -0.1) is 11.3 Å². The van der Waals surface area contributed by atoms with Crippen LogP contribution < -0.4 is 5.32 Å². The number of rotatable bonds is 4. The lowest BCUT2D eigenvalue weighted by atomic mass is 9.98. The first-order chi connectivity index (χ1) is 8.22. The molecule has 0 spiro atoms. The Morgan fingerprint density at radius 3 is 2.65 bits per heavy atom. The van der Waals surface area contributed by atoms with Crippen molar-refractivity contribution in [1.82, 2.24) is 5.32 Å². The summed E-state index contributed by atoms with van der Waals surface area (Å²) in [7, 11) is 0. The molecule has 0 aliphatic carbocycles. The molecule has 2 rings (SSSR count). The summed E-state index contributed by atoms with van der Waals surface area (Å²) in [5.74, 6) is 0. The zero-order valence-electron chi connectivity index (χ0n) is 10.7. The Morgan fingerprint density at radius 2 is 2.06 bits per heavy atom. The molecule has 2 aromatic rings. The first kappa shape index (κ1) is 12.3. The summed E-state index contributed by atoms with van der Waals surface area (Å²) in [4.78, 5) is 1.39. The zero-order chi connectivity index (χ0) is 12.3. The Balaban J connectivity index is 2.39. The van der Waals surface area contributed by atoms with Crippen LogP contribution in [0.1, 0.15) is 34.5 Å². The second-order valence-corrected chi connectivity index (χ2v) is 5.35. The van der Waals surface area contributed by atoms with Crippen LogP contribution in [0.25, 0.3) is 0 Å². The van der Waals surface area contributed by atoms with E-state index in [1.807, 2.05) is 11.3 Å². The van der Waals surface area contributed by atoms with E-state index in [-0.39, 0.29) is 0 Å². The lowest BCUT2D eigenvalue weighted by Gasteiger charge is -2.19. The molecule has 17 heavy (non-hydrogen) atoms. The van der Waals surface area contributed by atoms with Crippen LogP contribution in [-0.4, -0.2) is 6.54 Å². The van der Waals surface area contributed by atoms with Crippen molar-refractivity contribution in [3.05, 3.63) is 57.3 Å². The highest BCUT2D eigenvalue weighted by Gasteiger charge is 2.15. The largest absolute Gasteiger partial charge is 0.306 e. The molecule has 0 aliphatic rings. The molecule has 1 heterocycles. The molecule has 1 aromatic carbocycles. The molecule has 0 saturated heterocycles. The van der Waals surface area contributed by atoms with Crippen molar-refractivity contribution in [1.29, 1.82) is 0 Å². The van der Waals surface area contributed by atoms with Gasteiger partial charge in [-0.3, -0.25) is 0 Å². The molecule has 0 bridgehead atoms. The quantitative estimate of drug-likeness (QED) is 0.856. The van der Waals surface area contributed by atoms with Crippen LogP contribution in [-0.2, 0) is 0 Å². The van der Waals surface area contributed by atoms with Crippen molar-refractivity contribution >= 4 is 11.3 Å². The van der Waals surface area contributed by atoms with Crippen LogP contribution in [0.5, 0.6) is 0 Å². The minimum Gasteiger partial charge on any atom is -0.306 e. The predicted octanol–water partition coefficient (Wildman–Crippen LogP) is 4.06. The highest BCUT2D eigenvalue weighted by molar-refractivity contribution is 7.10. The van der Waals surface area contributed by atoms with Crippen LogP contribution in [0.3, 0.4) is 0 Å². The molecule has 0 radical (unpaired) electrons. The highest BCUT2D eigenvalue weighted by Crippen LogP contribution is 2.28. The Bertz CT molecular complexity index is 474. The van der Waals surface area contributed by atoms with E-state index in [0.29, 0.717) is 6.04 Å². The second kappa shape index (κ2) is 5.48. The SMILES string of the molecule is CCNC(c1cccs1)c1ccc(C)cc1C. The number of thiophene rings is 1. The number of aryl methyl sites for hydroxylation is 2. The maximum atomic E-state index is 3.57. The van der Waals surface area contributed by atoms with E-state index in [1.54, 1.807) is 0 Å². The lowest BCUT2D eigenvalue weighted by molar-refractivity contribution is 0.636. The molecule has 1 atom stereocenters. The summed E-state index contributed by atoms with van der Waals surface area (Å²) in [5, 5.41) is 5.71. The molecule has 0 amide bonds. The van der Waals surface area contributed by atoms with Crippen molar-refractivity contribution in [2.24, 2.45) is 0 Å². The van der Waals surface area contributed by atoms with Gasteiger partial charge in [0.25, 0.3) is 0 Å². The molecule has 2 heteroatoms. The molecular formula is C15H19NS. The van der Waals surface area contributed by atoms with E-state index in [1.165, 1.54) is 21.6 Å². The summed E-state index contributed by atoms with van der Waals surface area (Å²) >= 11 is 1.82. The fourth-order valence-electron chi connectivity index (χ4n) is 2.17. The van der Waals surface area contributed by atoms with Crippen LogP contribution >= 0.6 is 11.3 Å². The summed E-state index contributed by atoms with van der Waals surface area (Å²) < 4.78 is 0. The Hall–Kier alpha value is -1.12. The lowest BCUT2D eigenvalue weighted by Crippen LogP contribution is -2.21. The third-order valence-electron chi connectivity index (χ3n) is 2.97. The minimum atomic E-state index is 0.334. The third-order valence-corrected chi connectivity index (χ3v) is 3.91. The van der Waals surface area contributed by atoms with Gasteiger partial charge in [0.1, 0.15) is 0 Å². The highest BCUT2D eigenvalue weighted by atomic mass is 32.1. The van der Waals surface area contributed by atoms with Crippen molar-refractivity contribution in [3.8, 4) is 0 Å². The van der Waals surface area contributed by atoms with Crippen molar-refractivity contribution in [2.45, 2.75) is 26.8 Å². The molecule has 0 fully saturated rings. The van der Waals surface area contributed by atoms with Crippen LogP contribution in [0.2, 0.25) is 0 Å². The molecule has 1 aromatic heterocycles. The van der Waals surface area contributed by atoms with Gasteiger partial charge >= 0.3 is 0 Å². The summed E-state index contributed by atoms with van der Waals surface area (Å²) in [6.45, 7) is 7.48. The van der Waals surface area contributed by atoms with Gasteiger partial charge in [0.15, 0.2) is 0 Å². The molecule has 1 nitrogen and oxygen atoms in total. The first-order valence-electron chi connectivity index (χ1n) is 6.06. The van der Waals surface area contributed by atoms with Gasteiger partial charge in [-0.25, -0.2) is 0 Å². The number of nitrogens with one attached hydrogen (secondary N) is 1. The Labute approximate surface area is 108 Å². The predicted molar refractivity (Wildman–Crippen MR) is 75.8 cm³/mol. The van der Waals surface area contributed by atoms with Crippen LogP contribution in [0, 0.1) is 13.8 Å². The second-order valence-electron chi connectivity index (χ2n) is 4.37. The summed E-state index contributed by atoms with van der Waals surface area (Å²) in [6, 6.07) is 11.4. The Morgan fingerprint density at radius 1 is 1.24 bits per heavy atom. The van der Waals surface area contributed by atoms with Gasteiger partial charge in [-0.05, 0) is 43.0 Å². The van der Waals surface area contributed by atoms with E-state index in [0.717, 1.165) is 6.54 Å². The van der Waals surface area contributed by atoms with Crippen LogP contribution in [0.15, 0.2) is 35.7 Å². The van der Waals surface area contributed by atoms with E-state index in [9.17, 15) is 0 Å². The van der Waals surface area contributed by atoms with Crippen molar-refractivity contribution in [2.75, 3.05) is 6.54 Å². The van der Waals surface area contributed by atoms with Gasteiger partial charge in [-0.1, -0.05) is 36.8 Å². The first-order valence-corrected chi connectivity index (χ1v) is 6.94. The molecule has 0 aliphatic heterocycles. The van der Waals surface area contributed by atoms with E-state index >= 15 is 0 Å². The monoisotopic (exact) mass is 245 g/mol. The normalized spacial score (nSPS) is 12.6. The fraction of sp³-hybridized carbons (Fsp3) is 0.333. The van der Waals surface area contributed by atoms with Gasteiger partial charge in [0, 0.05) is 4.88 Å². The van der Waals surface area contributed by atoms with E-state index in [4.69, 9.17) is 0 Å². The van der Waals surface area contributed by atoms with Gasteiger partial charge in [-0.2, -0.15) is 0 Å². The van der Waals surface area contributed by atoms with Crippen molar-refractivity contribution in [3.63, 3.8) is 0 Å². The summed E-state index contributed by atoms with van der Waals surface area (Å²) in [5.41, 5.74) is 4.08. The van der Waals surface area contributed by atoms with Gasteiger partial charge in [0.2, 0.25) is 0 Å². The maximum absolute atomic E-state index is 3.57. The maximum Gasteiger partial charge on any atom is 0.0673 e. The molecule has 0 saturated carbocycles. The average Bonchev–Trinajstić information content (AvgIpc) is 2.80. The average molecular weight is 245 g/mol. The van der Waals surface area contributed by atoms with E-state index < -0.39 is 0 Å². The van der Waals surface area contributed by atoms with Crippen molar-refractivity contribution < 1.29 is 0 Å². The standard InChI is InChI=1S/C15H19NS/c1-4-16-15(14-6-5-9-17-14)13-8-7-11(2)10-12(13)3/h5-10,15-16H,4H2,1-3H3. The smallest absolute Gasteiger partial charge is 0.0673 e. The number of hydrogen-bond acceptors (Lipinski definition) is 2. The number of benzene rings is 1. The minimum absolute atomic E-state index is 0.334. The van der Waals surface area contributed by atoms with Gasteiger partial charge < -0.3 is 5.32 Å². The Kier molecular flexibility index (Phi) is 3.97. The topological polar surface area (TPSA) is 12.0 Å². The molecule has 1 N–H and O–H groups in total. The third kappa shape index (κ3) is 2.76. The fourth-order valence-corrected chi connectivity index (χ4v) is 2.99. The summed E-state index contributed by atoms with van der Waals surface area (Å²) in [6.07, 6.45) is 0. The van der Waals surface area contributed by atoms with Crippen LogP contribution in [0.4, 0.5) is 0 Å². The zero-order valence-corrected chi connectivity index (χ0v) is 11.5. The molecule has 1 unspecified atom stereocenters. The van der Waals surface area contributed by atoms with Gasteiger partial charge in [0.05, 0.1) is 6.04 Å². The molecule has 90 valence electrons. The molecular weight excluding hydrogens is 226 g/mol.